The van der Waals surface area contributed by atoms with Crippen LogP contribution in [0, 0.1) is 13.8 Å². The number of carbonyl (C=O) groups is 1. The summed E-state index contributed by atoms with van der Waals surface area (Å²) < 4.78 is 0. The molecule has 5 nitrogen and oxygen atoms in total. The molecule has 0 unspecified atom stereocenters. The Morgan fingerprint density at radius 2 is 1.95 bits per heavy atom. The van der Waals surface area contributed by atoms with Crippen LogP contribution in [0.2, 0.25) is 0 Å². The number of hydrogen-bond donors (Lipinski definition) is 2. The number of aliphatic hydroxyl groups is 1. The van der Waals surface area contributed by atoms with Gasteiger partial charge in [-0.1, -0.05) is 30.3 Å². The van der Waals surface area contributed by atoms with E-state index in [9.17, 15) is 9.90 Å². The van der Waals surface area contributed by atoms with Crippen molar-refractivity contribution in [3.8, 4) is 0 Å². The highest BCUT2D eigenvalue weighted by atomic mass is 16.3. The zero-order valence-corrected chi connectivity index (χ0v) is 11.5. The number of aromatic nitrogens is 2. The Morgan fingerprint density at radius 3 is 2.60 bits per heavy atom. The fourth-order valence-electron chi connectivity index (χ4n) is 1.94. The van der Waals surface area contributed by atoms with Crippen molar-refractivity contribution >= 4 is 5.91 Å². The van der Waals surface area contributed by atoms with Crippen molar-refractivity contribution in [2.45, 2.75) is 19.9 Å². The molecule has 5 heteroatoms. The Morgan fingerprint density at radius 1 is 1.25 bits per heavy atom. The van der Waals surface area contributed by atoms with Gasteiger partial charge in [0.05, 0.1) is 29.6 Å². The monoisotopic (exact) mass is 271 g/mol. The summed E-state index contributed by atoms with van der Waals surface area (Å²) in [5.74, 6) is -0.261. The minimum atomic E-state index is -0.434. The molecule has 2 N–H and O–H groups in total. The molecule has 1 atom stereocenters. The van der Waals surface area contributed by atoms with Gasteiger partial charge in [-0.3, -0.25) is 4.79 Å². The zero-order valence-electron chi connectivity index (χ0n) is 11.5. The lowest BCUT2D eigenvalue weighted by Gasteiger charge is -2.17. The van der Waals surface area contributed by atoms with Gasteiger partial charge in [-0.15, -0.1) is 0 Å². The number of benzene rings is 1. The van der Waals surface area contributed by atoms with E-state index in [1.54, 1.807) is 19.9 Å². The van der Waals surface area contributed by atoms with Crippen LogP contribution in [0.3, 0.4) is 0 Å². The van der Waals surface area contributed by atoms with Gasteiger partial charge < -0.3 is 10.4 Å². The number of rotatable bonds is 4. The molecule has 2 aromatic rings. The molecule has 1 aromatic carbocycles. The van der Waals surface area contributed by atoms with E-state index in [-0.39, 0.29) is 12.5 Å². The number of aliphatic hydroxyl groups excluding tert-OH is 1. The molecule has 104 valence electrons. The smallest absolute Gasteiger partial charge is 0.253 e. The number of carbonyl (C=O) groups excluding carboxylic acids is 1. The van der Waals surface area contributed by atoms with E-state index < -0.39 is 6.04 Å². The molecule has 0 aliphatic heterocycles. The molecule has 0 bridgehead atoms. The molecule has 0 radical (unpaired) electrons. The summed E-state index contributed by atoms with van der Waals surface area (Å²) in [6.07, 6.45) is 0. The van der Waals surface area contributed by atoms with Crippen LogP contribution < -0.4 is 5.32 Å². The minimum absolute atomic E-state index is 0.160. The van der Waals surface area contributed by atoms with Crippen molar-refractivity contribution < 1.29 is 9.90 Å². The third kappa shape index (κ3) is 3.19. The van der Waals surface area contributed by atoms with E-state index in [0.717, 1.165) is 5.56 Å². The van der Waals surface area contributed by atoms with Crippen molar-refractivity contribution in [2.24, 2.45) is 0 Å². The number of hydrogen-bond acceptors (Lipinski definition) is 4. The number of nitrogens with zero attached hydrogens (tertiary/aromatic N) is 2. The molecule has 0 saturated heterocycles. The lowest BCUT2D eigenvalue weighted by atomic mass is 10.1. The zero-order chi connectivity index (χ0) is 14.5. The number of aryl methyl sites for hydroxylation is 2. The standard InChI is InChI=1S/C15H17N3O2/c1-10-8-13(11(2)18-17-10)15(20)16-14(9-19)12-6-4-3-5-7-12/h3-8,14,19H,9H2,1-2H3,(H,16,20)/t14-/m0/s1. The summed E-state index contributed by atoms with van der Waals surface area (Å²) in [6.45, 7) is 3.36. The Kier molecular flexibility index (Phi) is 4.42. The maximum absolute atomic E-state index is 12.3. The fourth-order valence-corrected chi connectivity index (χ4v) is 1.94. The van der Waals surface area contributed by atoms with Crippen LogP contribution in [0.1, 0.15) is 33.4 Å². The molecule has 2 rings (SSSR count). The van der Waals surface area contributed by atoms with Crippen LogP contribution in [0.5, 0.6) is 0 Å². The Labute approximate surface area is 117 Å². The predicted molar refractivity (Wildman–Crippen MR) is 75.2 cm³/mol. The van der Waals surface area contributed by atoms with Crippen LogP contribution in [-0.4, -0.2) is 27.8 Å². The van der Waals surface area contributed by atoms with Crippen LogP contribution >= 0.6 is 0 Å². The Bertz CT molecular complexity index is 599. The second-order valence-electron chi connectivity index (χ2n) is 4.60. The summed E-state index contributed by atoms with van der Waals surface area (Å²) in [5.41, 5.74) is 2.59. The van der Waals surface area contributed by atoms with Gasteiger partial charge in [0.1, 0.15) is 0 Å². The van der Waals surface area contributed by atoms with E-state index >= 15 is 0 Å². The van der Waals surface area contributed by atoms with Crippen molar-refractivity contribution in [3.05, 3.63) is 58.9 Å². The van der Waals surface area contributed by atoms with Gasteiger partial charge in [0, 0.05) is 0 Å². The van der Waals surface area contributed by atoms with Gasteiger partial charge in [0.15, 0.2) is 0 Å². The van der Waals surface area contributed by atoms with E-state index in [1.165, 1.54) is 0 Å². The van der Waals surface area contributed by atoms with Crippen LogP contribution in [0.25, 0.3) is 0 Å². The summed E-state index contributed by atoms with van der Waals surface area (Å²) in [6, 6.07) is 10.6. The maximum Gasteiger partial charge on any atom is 0.253 e. The van der Waals surface area contributed by atoms with Gasteiger partial charge in [0.25, 0.3) is 5.91 Å². The summed E-state index contributed by atoms with van der Waals surface area (Å²) in [5, 5.41) is 20.1. The van der Waals surface area contributed by atoms with Crippen molar-refractivity contribution in [1.82, 2.24) is 15.5 Å². The van der Waals surface area contributed by atoms with Crippen molar-refractivity contribution in [1.29, 1.82) is 0 Å². The highest BCUT2D eigenvalue weighted by Gasteiger charge is 2.17. The maximum atomic E-state index is 12.3. The summed E-state index contributed by atoms with van der Waals surface area (Å²) >= 11 is 0. The van der Waals surface area contributed by atoms with Gasteiger partial charge in [0.2, 0.25) is 0 Å². The third-order valence-corrected chi connectivity index (χ3v) is 3.04. The highest BCUT2D eigenvalue weighted by molar-refractivity contribution is 5.95. The number of amides is 1. The Hall–Kier alpha value is -2.27. The van der Waals surface area contributed by atoms with E-state index in [0.29, 0.717) is 17.0 Å². The SMILES string of the molecule is Cc1cc(C(=O)N[C@@H](CO)c2ccccc2)c(C)nn1. The van der Waals surface area contributed by atoms with Gasteiger partial charge in [-0.05, 0) is 25.5 Å². The first-order valence-corrected chi connectivity index (χ1v) is 6.39. The molecule has 1 heterocycles. The first kappa shape index (κ1) is 14.1. The molecule has 0 fully saturated rings. The van der Waals surface area contributed by atoms with E-state index in [4.69, 9.17) is 0 Å². The quantitative estimate of drug-likeness (QED) is 0.885. The fraction of sp³-hybridized carbons (Fsp3) is 0.267. The van der Waals surface area contributed by atoms with Crippen LogP contribution in [0.4, 0.5) is 0 Å². The topological polar surface area (TPSA) is 75.1 Å². The molecule has 1 amide bonds. The van der Waals surface area contributed by atoms with Gasteiger partial charge >= 0.3 is 0 Å². The van der Waals surface area contributed by atoms with Gasteiger partial charge in [-0.2, -0.15) is 10.2 Å². The second-order valence-corrected chi connectivity index (χ2v) is 4.60. The Balaban J connectivity index is 2.20. The summed E-state index contributed by atoms with van der Waals surface area (Å²) in [7, 11) is 0. The average Bonchev–Trinajstić information content (AvgIpc) is 2.48. The second kappa shape index (κ2) is 6.25. The van der Waals surface area contributed by atoms with Crippen LogP contribution in [-0.2, 0) is 0 Å². The van der Waals surface area contributed by atoms with Crippen molar-refractivity contribution in [2.75, 3.05) is 6.61 Å². The molecule has 1 aromatic heterocycles. The molecule has 0 spiro atoms. The molecular formula is C15H17N3O2. The third-order valence-electron chi connectivity index (χ3n) is 3.04. The minimum Gasteiger partial charge on any atom is -0.394 e. The van der Waals surface area contributed by atoms with Crippen molar-refractivity contribution in [3.63, 3.8) is 0 Å². The normalized spacial score (nSPS) is 11.9. The van der Waals surface area contributed by atoms with Gasteiger partial charge in [-0.25, -0.2) is 0 Å². The van der Waals surface area contributed by atoms with E-state index in [2.05, 4.69) is 15.5 Å². The average molecular weight is 271 g/mol. The molecule has 20 heavy (non-hydrogen) atoms. The number of nitrogens with one attached hydrogen (secondary N) is 1. The molecule has 0 saturated carbocycles. The first-order chi connectivity index (χ1) is 9.61. The predicted octanol–water partition coefficient (Wildman–Crippen LogP) is 1.56. The van der Waals surface area contributed by atoms with Crippen LogP contribution in [0.15, 0.2) is 36.4 Å². The highest BCUT2D eigenvalue weighted by Crippen LogP contribution is 2.13. The first-order valence-electron chi connectivity index (χ1n) is 6.39. The lowest BCUT2D eigenvalue weighted by molar-refractivity contribution is 0.0914. The summed E-state index contributed by atoms with van der Waals surface area (Å²) in [4.78, 5) is 12.3. The van der Waals surface area contributed by atoms with E-state index in [1.807, 2.05) is 30.3 Å². The molecule has 0 aliphatic rings. The largest absolute Gasteiger partial charge is 0.394 e. The molecular weight excluding hydrogens is 254 g/mol. The lowest BCUT2D eigenvalue weighted by Crippen LogP contribution is -2.31. The molecule has 0 aliphatic carbocycles.